The minimum absolute atomic E-state index is 0.616. The molecule has 0 atom stereocenters. The van der Waals surface area contributed by atoms with Gasteiger partial charge < -0.3 is 9.47 Å². The van der Waals surface area contributed by atoms with Crippen LogP contribution in [0.15, 0.2) is 212 Å². The molecule has 5 heteroatoms. The predicted octanol–water partition coefficient (Wildman–Crippen LogP) is 13.1. The Morgan fingerprint density at radius 2 is 0.768 bits per heavy atom. The smallest absolute Gasteiger partial charge is 0.164 e. The van der Waals surface area contributed by atoms with E-state index in [2.05, 4.69) is 179 Å². The number of fused-ring (bicyclic) bond motifs is 3. The monoisotopic (exact) mass is 717 g/mol. The molecular formula is C51H35N5. The fourth-order valence-electron chi connectivity index (χ4n) is 7.58. The third-order valence-electron chi connectivity index (χ3n) is 10.2. The molecule has 8 aromatic carbocycles. The maximum Gasteiger partial charge on any atom is 0.164 e. The average Bonchev–Trinajstić information content (AvgIpc) is 3.61. The van der Waals surface area contributed by atoms with Crippen molar-refractivity contribution in [2.24, 2.45) is 0 Å². The minimum atomic E-state index is 0.616. The van der Waals surface area contributed by atoms with Gasteiger partial charge in [0.25, 0.3) is 0 Å². The molecule has 0 aliphatic carbocycles. The third kappa shape index (κ3) is 6.17. The molecule has 264 valence electrons. The zero-order chi connectivity index (χ0) is 37.3. The van der Waals surface area contributed by atoms with Crippen LogP contribution in [0.2, 0.25) is 0 Å². The van der Waals surface area contributed by atoms with E-state index in [1.54, 1.807) is 0 Å². The Labute approximate surface area is 325 Å². The molecule has 0 radical (unpaired) electrons. The van der Waals surface area contributed by atoms with Crippen LogP contribution in [0.3, 0.4) is 0 Å². The SMILES string of the molecule is c1ccc(-c2nc(-c3cccc(-c4cccc(N(c5ccccc5)c5ccccc5)c4)c3)nc(-c3ccc4c5ccccc5n(-c5ccccc5)c4c3)n2)cc1. The first-order valence-electron chi connectivity index (χ1n) is 18.8. The molecule has 0 aliphatic heterocycles. The molecule has 5 nitrogen and oxygen atoms in total. The van der Waals surface area contributed by atoms with Crippen molar-refractivity contribution in [3.8, 4) is 51.0 Å². The van der Waals surface area contributed by atoms with E-state index in [4.69, 9.17) is 15.0 Å². The minimum Gasteiger partial charge on any atom is -0.310 e. The largest absolute Gasteiger partial charge is 0.310 e. The van der Waals surface area contributed by atoms with E-state index in [0.29, 0.717) is 17.5 Å². The molecule has 0 fully saturated rings. The van der Waals surface area contributed by atoms with Gasteiger partial charge in [0.05, 0.1) is 11.0 Å². The maximum absolute atomic E-state index is 5.18. The van der Waals surface area contributed by atoms with Gasteiger partial charge in [-0.3, -0.25) is 0 Å². The molecule has 0 unspecified atom stereocenters. The van der Waals surface area contributed by atoms with Gasteiger partial charge in [0.2, 0.25) is 0 Å². The number of para-hydroxylation sites is 4. The van der Waals surface area contributed by atoms with Gasteiger partial charge in [-0.15, -0.1) is 0 Å². The van der Waals surface area contributed by atoms with Crippen LogP contribution in [0.1, 0.15) is 0 Å². The van der Waals surface area contributed by atoms with Crippen LogP contribution in [-0.4, -0.2) is 19.5 Å². The van der Waals surface area contributed by atoms with Crippen LogP contribution < -0.4 is 4.90 Å². The van der Waals surface area contributed by atoms with Crippen molar-refractivity contribution < 1.29 is 0 Å². The van der Waals surface area contributed by atoms with Gasteiger partial charge in [0.1, 0.15) is 0 Å². The van der Waals surface area contributed by atoms with E-state index < -0.39 is 0 Å². The fourth-order valence-corrected chi connectivity index (χ4v) is 7.58. The van der Waals surface area contributed by atoms with Gasteiger partial charge in [-0.25, -0.2) is 15.0 Å². The highest BCUT2D eigenvalue weighted by Crippen LogP contribution is 2.38. The summed E-state index contributed by atoms with van der Waals surface area (Å²) in [5.74, 6) is 1.86. The number of hydrogen-bond donors (Lipinski definition) is 0. The first-order valence-corrected chi connectivity index (χ1v) is 18.8. The molecule has 0 aliphatic rings. The molecule has 0 amide bonds. The highest BCUT2D eigenvalue weighted by Gasteiger charge is 2.18. The zero-order valence-corrected chi connectivity index (χ0v) is 30.4. The Kier molecular flexibility index (Phi) is 8.43. The molecular weight excluding hydrogens is 683 g/mol. The van der Waals surface area contributed by atoms with Gasteiger partial charge in [-0.05, 0) is 77.9 Å². The van der Waals surface area contributed by atoms with Gasteiger partial charge in [0.15, 0.2) is 17.5 Å². The molecule has 10 aromatic rings. The normalized spacial score (nSPS) is 11.2. The number of rotatable bonds is 8. The summed E-state index contributed by atoms with van der Waals surface area (Å²) in [6.07, 6.45) is 0. The van der Waals surface area contributed by atoms with Crippen molar-refractivity contribution in [3.63, 3.8) is 0 Å². The Balaban J connectivity index is 1.10. The molecule has 10 rings (SSSR count). The second-order valence-electron chi connectivity index (χ2n) is 13.7. The standard InChI is InChI=1S/C51H35N5/c1-5-17-36(18-6-1)49-52-50(54-51(53-49)40-31-32-46-45-29-13-14-30-47(45)56(48(46)35-40)43-26-11-4-12-27-43)39-21-15-19-37(33-39)38-20-16-28-44(34-38)55(41-22-7-2-8-23-41)42-24-9-3-10-25-42/h1-35H. The van der Waals surface area contributed by atoms with E-state index >= 15 is 0 Å². The number of aromatic nitrogens is 4. The van der Waals surface area contributed by atoms with E-state index in [1.807, 2.05) is 42.5 Å². The average molecular weight is 718 g/mol. The second kappa shape index (κ2) is 14.3. The number of benzene rings is 8. The first-order chi connectivity index (χ1) is 27.8. The zero-order valence-electron chi connectivity index (χ0n) is 30.4. The lowest BCUT2D eigenvalue weighted by atomic mass is 10.0. The Hall–Kier alpha value is -7.63. The maximum atomic E-state index is 5.18. The van der Waals surface area contributed by atoms with E-state index in [1.165, 1.54) is 10.8 Å². The lowest BCUT2D eigenvalue weighted by Gasteiger charge is -2.26. The Bertz CT molecular complexity index is 2920. The van der Waals surface area contributed by atoms with Gasteiger partial charge >= 0.3 is 0 Å². The van der Waals surface area contributed by atoms with Gasteiger partial charge in [-0.2, -0.15) is 0 Å². The van der Waals surface area contributed by atoms with Crippen molar-refractivity contribution in [1.29, 1.82) is 0 Å². The van der Waals surface area contributed by atoms with E-state index in [0.717, 1.165) is 61.6 Å². The lowest BCUT2D eigenvalue weighted by Crippen LogP contribution is -2.09. The molecule has 56 heavy (non-hydrogen) atoms. The molecule has 0 spiro atoms. The summed E-state index contributed by atoms with van der Waals surface area (Å²) in [5, 5.41) is 2.38. The Morgan fingerprint density at radius 3 is 1.45 bits per heavy atom. The quantitative estimate of drug-likeness (QED) is 0.157. The van der Waals surface area contributed by atoms with Crippen LogP contribution in [0.25, 0.3) is 72.8 Å². The molecule has 0 saturated carbocycles. The van der Waals surface area contributed by atoms with Crippen LogP contribution in [0.4, 0.5) is 17.1 Å². The topological polar surface area (TPSA) is 46.8 Å². The highest BCUT2D eigenvalue weighted by atomic mass is 15.1. The van der Waals surface area contributed by atoms with E-state index in [-0.39, 0.29) is 0 Å². The molecule has 0 N–H and O–H groups in total. The van der Waals surface area contributed by atoms with Gasteiger partial charge in [-0.1, -0.05) is 146 Å². The van der Waals surface area contributed by atoms with Crippen molar-refractivity contribution in [2.45, 2.75) is 0 Å². The summed E-state index contributed by atoms with van der Waals surface area (Å²) < 4.78 is 2.32. The first kappa shape index (κ1) is 33.0. The molecule has 0 saturated heterocycles. The molecule has 2 aromatic heterocycles. The Morgan fingerprint density at radius 1 is 0.304 bits per heavy atom. The summed E-state index contributed by atoms with van der Waals surface area (Å²) >= 11 is 0. The van der Waals surface area contributed by atoms with Crippen LogP contribution >= 0.6 is 0 Å². The fraction of sp³-hybridized carbons (Fsp3) is 0. The number of nitrogens with zero attached hydrogens (tertiary/aromatic N) is 5. The summed E-state index contributed by atoms with van der Waals surface area (Å²) in [6, 6.07) is 73.9. The predicted molar refractivity (Wildman–Crippen MR) is 231 cm³/mol. The van der Waals surface area contributed by atoms with Crippen molar-refractivity contribution >= 4 is 38.9 Å². The summed E-state index contributed by atoms with van der Waals surface area (Å²) in [4.78, 5) is 17.6. The highest BCUT2D eigenvalue weighted by molar-refractivity contribution is 6.10. The second-order valence-corrected chi connectivity index (χ2v) is 13.7. The van der Waals surface area contributed by atoms with E-state index in [9.17, 15) is 0 Å². The molecule has 0 bridgehead atoms. The van der Waals surface area contributed by atoms with Crippen molar-refractivity contribution in [1.82, 2.24) is 19.5 Å². The number of hydrogen-bond acceptors (Lipinski definition) is 4. The van der Waals surface area contributed by atoms with Crippen molar-refractivity contribution in [3.05, 3.63) is 212 Å². The summed E-state index contributed by atoms with van der Waals surface area (Å²) in [7, 11) is 0. The molecule has 2 heterocycles. The van der Waals surface area contributed by atoms with Gasteiger partial charge in [0, 0.05) is 50.2 Å². The van der Waals surface area contributed by atoms with Crippen molar-refractivity contribution in [2.75, 3.05) is 4.90 Å². The van der Waals surface area contributed by atoms with Crippen LogP contribution in [-0.2, 0) is 0 Å². The van der Waals surface area contributed by atoms with Crippen LogP contribution in [0, 0.1) is 0 Å². The summed E-state index contributed by atoms with van der Waals surface area (Å²) in [5.41, 5.74) is 11.6. The lowest BCUT2D eigenvalue weighted by molar-refractivity contribution is 1.07. The number of anilines is 3. The van der Waals surface area contributed by atoms with Crippen LogP contribution in [0.5, 0.6) is 0 Å². The third-order valence-corrected chi connectivity index (χ3v) is 10.2. The summed E-state index contributed by atoms with van der Waals surface area (Å²) in [6.45, 7) is 0.